The molecule has 5 rings (SSSR count). The van der Waals surface area contributed by atoms with Crippen LogP contribution in [-0.2, 0) is 9.53 Å². The Kier molecular flexibility index (Phi) is 8.87. The van der Waals surface area contributed by atoms with E-state index in [1.165, 1.54) is 25.3 Å². The molecule has 11 nitrogen and oxygen atoms in total. The maximum Gasteiger partial charge on any atom is 0.323 e. The highest BCUT2D eigenvalue weighted by atomic mass is 19.1. The number of nitrogens with one attached hydrogen (secondary N) is 3. The third-order valence-corrected chi connectivity index (χ3v) is 6.71. The molecule has 3 aromatic carbocycles. The molecule has 43 heavy (non-hydrogen) atoms. The van der Waals surface area contributed by atoms with E-state index >= 15 is 0 Å². The Balaban J connectivity index is 1.39. The van der Waals surface area contributed by atoms with E-state index in [0.29, 0.717) is 43.5 Å². The Morgan fingerprint density at radius 1 is 0.977 bits per heavy atom. The molecule has 5 N–H and O–H groups in total. The first-order valence-corrected chi connectivity index (χ1v) is 13.6. The summed E-state index contributed by atoms with van der Waals surface area (Å²) in [5, 5.41) is 8.57. The molecule has 1 fully saturated rings. The third-order valence-electron chi connectivity index (χ3n) is 6.71. The minimum atomic E-state index is -0.680. The van der Waals surface area contributed by atoms with Crippen molar-refractivity contribution in [3.05, 3.63) is 78.2 Å². The number of hydrogen-bond acceptors (Lipinski definition) is 8. The monoisotopic (exact) mass is 582 g/mol. The van der Waals surface area contributed by atoms with Crippen LogP contribution in [0, 0.1) is 5.82 Å². The van der Waals surface area contributed by atoms with E-state index < -0.39 is 11.8 Å². The van der Waals surface area contributed by atoms with Crippen LogP contribution >= 0.6 is 0 Å². The van der Waals surface area contributed by atoms with Gasteiger partial charge in [-0.3, -0.25) is 9.79 Å². The highest BCUT2D eigenvalue weighted by molar-refractivity contribution is 6.10. The van der Waals surface area contributed by atoms with Gasteiger partial charge in [0.1, 0.15) is 11.6 Å². The first-order chi connectivity index (χ1) is 20.8. The summed E-state index contributed by atoms with van der Waals surface area (Å²) in [6.45, 7) is 3.96. The fourth-order valence-electron chi connectivity index (χ4n) is 4.68. The molecule has 1 aliphatic rings. The molecule has 0 radical (unpaired) electrons. The highest BCUT2D eigenvalue weighted by Crippen LogP contribution is 2.31. The quantitative estimate of drug-likeness (QED) is 0.227. The molecule has 0 saturated carbocycles. The van der Waals surface area contributed by atoms with E-state index in [9.17, 15) is 14.0 Å². The number of urea groups is 1. The van der Waals surface area contributed by atoms with Crippen molar-refractivity contribution in [1.82, 2.24) is 9.97 Å². The number of nitrogens with zero attached hydrogens (tertiary/aromatic N) is 4. The Morgan fingerprint density at radius 3 is 2.40 bits per heavy atom. The van der Waals surface area contributed by atoms with Crippen molar-refractivity contribution in [3.63, 3.8) is 0 Å². The summed E-state index contributed by atoms with van der Waals surface area (Å²) in [6, 6.07) is 16.4. The van der Waals surface area contributed by atoms with Crippen molar-refractivity contribution in [2.75, 3.05) is 54.2 Å². The van der Waals surface area contributed by atoms with Crippen LogP contribution in [0.3, 0.4) is 0 Å². The van der Waals surface area contributed by atoms with Gasteiger partial charge in [-0.2, -0.15) is 0 Å². The second kappa shape index (κ2) is 13.1. The number of fused-ring (bicyclic) bond motifs is 1. The summed E-state index contributed by atoms with van der Waals surface area (Å²) in [5.41, 5.74) is 9.76. The molecule has 220 valence electrons. The molecule has 0 aliphatic carbocycles. The molecule has 1 saturated heterocycles. The molecule has 3 amide bonds. The van der Waals surface area contributed by atoms with Crippen molar-refractivity contribution in [1.29, 1.82) is 0 Å². The summed E-state index contributed by atoms with van der Waals surface area (Å²) in [4.78, 5) is 39.8. The van der Waals surface area contributed by atoms with Crippen LogP contribution in [0.1, 0.15) is 12.5 Å². The van der Waals surface area contributed by atoms with Crippen LogP contribution in [-0.4, -0.2) is 61.5 Å². The Labute approximate surface area is 247 Å². The zero-order valence-electron chi connectivity index (χ0n) is 23.7. The zero-order valence-corrected chi connectivity index (χ0v) is 23.7. The second-order valence-corrected chi connectivity index (χ2v) is 9.74. The first kappa shape index (κ1) is 29.1. The van der Waals surface area contributed by atoms with E-state index in [0.717, 1.165) is 39.5 Å². The summed E-state index contributed by atoms with van der Waals surface area (Å²) in [5.74, 6) is 0.328. The number of amides is 3. The number of anilines is 4. The SMILES string of the molecule is CN=CC(=CN)c1ccc2c(N3CCOCC3)nc(-c3ccc(NC(=O)Nc4ccc(NC(C)=O)cc4F)cc3)nc2c1. The molecular weight excluding hydrogens is 551 g/mol. The maximum atomic E-state index is 14.4. The van der Waals surface area contributed by atoms with Gasteiger partial charge in [0.25, 0.3) is 0 Å². The average molecular weight is 583 g/mol. The smallest absolute Gasteiger partial charge is 0.323 e. The van der Waals surface area contributed by atoms with Crippen LogP contribution in [0.25, 0.3) is 27.9 Å². The second-order valence-electron chi connectivity index (χ2n) is 9.74. The van der Waals surface area contributed by atoms with Gasteiger partial charge in [-0.25, -0.2) is 19.2 Å². The number of hydrogen-bond donors (Lipinski definition) is 4. The van der Waals surface area contributed by atoms with Gasteiger partial charge < -0.3 is 31.3 Å². The normalized spacial score (nSPS) is 13.7. The van der Waals surface area contributed by atoms with Crippen LogP contribution in [0.2, 0.25) is 0 Å². The minimum Gasteiger partial charge on any atom is -0.404 e. The molecule has 0 spiro atoms. The highest BCUT2D eigenvalue weighted by Gasteiger charge is 2.19. The van der Waals surface area contributed by atoms with Gasteiger partial charge in [-0.05, 0) is 60.2 Å². The fraction of sp³-hybridized carbons (Fsp3) is 0.194. The number of benzene rings is 3. The lowest BCUT2D eigenvalue weighted by molar-refractivity contribution is -0.114. The number of morpholine rings is 1. The maximum absolute atomic E-state index is 14.4. The number of aliphatic imine (C=N–C) groups is 1. The van der Waals surface area contributed by atoms with Crippen LogP contribution in [0.5, 0.6) is 0 Å². The van der Waals surface area contributed by atoms with E-state index in [1.54, 1.807) is 25.4 Å². The molecule has 0 atom stereocenters. The van der Waals surface area contributed by atoms with E-state index in [1.807, 2.05) is 30.3 Å². The summed E-state index contributed by atoms with van der Waals surface area (Å²) >= 11 is 0. The molecule has 0 unspecified atom stereocenters. The number of halogens is 1. The van der Waals surface area contributed by atoms with Gasteiger partial charge in [0.2, 0.25) is 5.91 Å². The number of nitrogens with two attached hydrogens (primary N) is 1. The van der Waals surface area contributed by atoms with E-state index in [2.05, 4.69) is 25.8 Å². The number of aromatic nitrogens is 2. The van der Waals surface area contributed by atoms with Gasteiger partial charge >= 0.3 is 6.03 Å². The molecule has 2 heterocycles. The summed E-state index contributed by atoms with van der Waals surface area (Å²) in [6.07, 6.45) is 3.21. The van der Waals surface area contributed by atoms with E-state index in [-0.39, 0.29) is 11.6 Å². The van der Waals surface area contributed by atoms with Crippen molar-refractivity contribution >= 4 is 57.5 Å². The van der Waals surface area contributed by atoms with Crippen molar-refractivity contribution in [2.24, 2.45) is 10.7 Å². The predicted molar refractivity (Wildman–Crippen MR) is 168 cm³/mol. The molecule has 12 heteroatoms. The summed E-state index contributed by atoms with van der Waals surface area (Å²) in [7, 11) is 1.69. The van der Waals surface area contributed by atoms with Crippen molar-refractivity contribution < 1.29 is 18.7 Å². The number of rotatable bonds is 7. The van der Waals surface area contributed by atoms with Gasteiger partial charge in [0.05, 0.1) is 24.4 Å². The lowest BCUT2D eigenvalue weighted by Crippen LogP contribution is -2.37. The van der Waals surface area contributed by atoms with Gasteiger partial charge in [0.15, 0.2) is 5.82 Å². The van der Waals surface area contributed by atoms with Gasteiger partial charge in [-0.15, -0.1) is 0 Å². The molecule has 4 aromatic rings. The largest absolute Gasteiger partial charge is 0.404 e. The number of ether oxygens (including phenoxy) is 1. The van der Waals surface area contributed by atoms with Crippen LogP contribution < -0.4 is 26.6 Å². The molecule has 1 aliphatic heterocycles. The van der Waals surface area contributed by atoms with Crippen molar-refractivity contribution in [2.45, 2.75) is 6.92 Å². The summed E-state index contributed by atoms with van der Waals surface area (Å²) < 4.78 is 20.0. The molecular formula is C31H31FN8O3. The van der Waals surface area contributed by atoms with E-state index in [4.69, 9.17) is 20.4 Å². The average Bonchev–Trinajstić information content (AvgIpc) is 3.01. The lowest BCUT2D eigenvalue weighted by atomic mass is 10.0. The first-order valence-electron chi connectivity index (χ1n) is 13.6. The standard InChI is InChI=1S/C31H31FN8O3/c1-19(41)35-24-8-10-27(26(32)16-24)38-31(42)36-23-6-3-20(4-7-23)29-37-28-15-21(22(17-33)18-34-2)5-9-25(28)30(39-29)40-11-13-43-14-12-40/h3-10,15-18H,11-14,33H2,1-2H3,(H,35,41)(H2,36,38,42). The predicted octanol–water partition coefficient (Wildman–Crippen LogP) is 4.88. The van der Waals surface area contributed by atoms with Gasteiger partial charge in [0, 0.05) is 67.4 Å². The Bertz CT molecular complexity index is 1720. The Hall–Kier alpha value is -5.36. The van der Waals surface area contributed by atoms with Crippen LogP contribution in [0.15, 0.2) is 71.9 Å². The third kappa shape index (κ3) is 6.93. The Morgan fingerprint density at radius 2 is 1.72 bits per heavy atom. The minimum absolute atomic E-state index is 0.0272. The number of allylic oxidation sites excluding steroid dienone is 1. The number of carbonyl (C=O) groups is 2. The lowest BCUT2D eigenvalue weighted by Gasteiger charge is -2.29. The number of carbonyl (C=O) groups excluding carboxylic acids is 2. The molecule has 0 bridgehead atoms. The van der Waals surface area contributed by atoms with Crippen LogP contribution in [0.4, 0.5) is 32.1 Å². The fourth-order valence-corrected chi connectivity index (χ4v) is 4.68. The topological polar surface area (TPSA) is 147 Å². The van der Waals surface area contributed by atoms with Gasteiger partial charge in [-0.1, -0.05) is 6.07 Å². The van der Waals surface area contributed by atoms with Crippen molar-refractivity contribution in [3.8, 4) is 11.4 Å². The molecule has 1 aromatic heterocycles. The zero-order chi connectivity index (χ0) is 30.3.